The standard InChI is InChI=1S/C18H28N2/c1-2-6-16-15-19-12-9-18(16)10-13-20(14-11-18)17-7-4-3-5-8-17/h3-5,7-8,16,19H,2,6,9-15H2,1H3. The van der Waals surface area contributed by atoms with Gasteiger partial charge in [-0.3, -0.25) is 0 Å². The molecular weight excluding hydrogens is 244 g/mol. The van der Waals surface area contributed by atoms with Crippen LogP contribution < -0.4 is 10.2 Å². The average Bonchev–Trinajstić information content (AvgIpc) is 2.52. The van der Waals surface area contributed by atoms with Crippen molar-refractivity contribution in [3.8, 4) is 0 Å². The molecule has 2 aliphatic rings. The number of nitrogens with one attached hydrogen (secondary N) is 1. The molecule has 1 spiro atoms. The Hall–Kier alpha value is -1.02. The number of para-hydroxylation sites is 1. The van der Waals surface area contributed by atoms with Crippen molar-refractivity contribution in [1.29, 1.82) is 0 Å². The lowest BCUT2D eigenvalue weighted by atomic mass is 9.63. The fourth-order valence-corrected chi connectivity index (χ4v) is 4.30. The van der Waals surface area contributed by atoms with Crippen LogP contribution >= 0.6 is 0 Å². The maximum atomic E-state index is 3.62. The molecule has 2 fully saturated rings. The Labute approximate surface area is 123 Å². The van der Waals surface area contributed by atoms with E-state index in [0.29, 0.717) is 5.41 Å². The summed E-state index contributed by atoms with van der Waals surface area (Å²) in [6.45, 7) is 7.29. The molecule has 1 aromatic carbocycles. The summed E-state index contributed by atoms with van der Waals surface area (Å²) in [5.74, 6) is 0.902. The third kappa shape index (κ3) is 2.71. The number of rotatable bonds is 3. The van der Waals surface area contributed by atoms with Gasteiger partial charge in [-0.2, -0.15) is 0 Å². The Kier molecular flexibility index (Phi) is 4.30. The highest BCUT2D eigenvalue weighted by Gasteiger charge is 2.42. The highest BCUT2D eigenvalue weighted by molar-refractivity contribution is 5.46. The molecule has 1 unspecified atom stereocenters. The Balaban J connectivity index is 1.67. The minimum atomic E-state index is 0.631. The molecule has 2 heterocycles. The average molecular weight is 272 g/mol. The highest BCUT2D eigenvalue weighted by atomic mass is 15.1. The van der Waals surface area contributed by atoms with Gasteiger partial charge in [0.2, 0.25) is 0 Å². The fourth-order valence-electron chi connectivity index (χ4n) is 4.30. The van der Waals surface area contributed by atoms with Gasteiger partial charge < -0.3 is 10.2 Å². The van der Waals surface area contributed by atoms with E-state index in [4.69, 9.17) is 0 Å². The van der Waals surface area contributed by atoms with Crippen molar-refractivity contribution in [3.63, 3.8) is 0 Å². The summed E-state index contributed by atoms with van der Waals surface area (Å²) in [4.78, 5) is 2.58. The van der Waals surface area contributed by atoms with Crippen LogP contribution in [0.4, 0.5) is 5.69 Å². The van der Waals surface area contributed by atoms with Crippen molar-refractivity contribution in [2.75, 3.05) is 31.1 Å². The van der Waals surface area contributed by atoms with Crippen LogP contribution in [0.1, 0.15) is 39.0 Å². The van der Waals surface area contributed by atoms with Gasteiger partial charge in [-0.05, 0) is 62.2 Å². The molecule has 2 heteroatoms. The first-order chi connectivity index (χ1) is 9.84. The molecule has 2 aliphatic heterocycles. The third-order valence-electron chi connectivity index (χ3n) is 5.57. The van der Waals surface area contributed by atoms with Crippen LogP contribution in [0.5, 0.6) is 0 Å². The SMILES string of the molecule is CCCC1CNCCC12CCN(c1ccccc1)CC2. The summed E-state index contributed by atoms with van der Waals surface area (Å²) >= 11 is 0. The van der Waals surface area contributed by atoms with Gasteiger partial charge in [-0.1, -0.05) is 31.5 Å². The molecule has 3 rings (SSSR count). The quantitative estimate of drug-likeness (QED) is 0.903. The predicted octanol–water partition coefficient (Wildman–Crippen LogP) is 3.68. The summed E-state index contributed by atoms with van der Waals surface area (Å²) < 4.78 is 0. The molecule has 0 aromatic heterocycles. The van der Waals surface area contributed by atoms with Gasteiger partial charge >= 0.3 is 0 Å². The van der Waals surface area contributed by atoms with Gasteiger partial charge in [0.1, 0.15) is 0 Å². The molecule has 1 atom stereocenters. The number of hydrogen-bond acceptors (Lipinski definition) is 2. The van der Waals surface area contributed by atoms with E-state index in [9.17, 15) is 0 Å². The van der Waals surface area contributed by atoms with E-state index in [1.807, 2.05) is 0 Å². The van der Waals surface area contributed by atoms with Crippen LogP contribution in [-0.4, -0.2) is 26.2 Å². The summed E-state index contributed by atoms with van der Waals surface area (Å²) in [6.07, 6.45) is 6.89. The normalized spacial score (nSPS) is 25.9. The van der Waals surface area contributed by atoms with E-state index in [1.54, 1.807) is 0 Å². The maximum Gasteiger partial charge on any atom is 0.0366 e. The van der Waals surface area contributed by atoms with E-state index >= 15 is 0 Å². The Morgan fingerprint density at radius 1 is 1.15 bits per heavy atom. The lowest BCUT2D eigenvalue weighted by Crippen LogP contribution is -2.51. The van der Waals surface area contributed by atoms with Gasteiger partial charge in [-0.15, -0.1) is 0 Å². The summed E-state index contributed by atoms with van der Waals surface area (Å²) in [5.41, 5.74) is 2.04. The monoisotopic (exact) mass is 272 g/mol. The Morgan fingerprint density at radius 3 is 2.60 bits per heavy atom. The smallest absolute Gasteiger partial charge is 0.0366 e. The molecular formula is C18H28N2. The Bertz CT molecular complexity index is 405. The second-order valence-corrected chi connectivity index (χ2v) is 6.62. The van der Waals surface area contributed by atoms with Crippen LogP contribution in [0.2, 0.25) is 0 Å². The Morgan fingerprint density at radius 2 is 1.90 bits per heavy atom. The van der Waals surface area contributed by atoms with Crippen LogP contribution in [0.15, 0.2) is 30.3 Å². The van der Waals surface area contributed by atoms with Crippen molar-refractivity contribution < 1.29 is 0 Å². The van der Waals surface area contributed by atoms with Crippen LogP contribution in [0.3, 0.4) is 0 Å². The number of anilines is 1. The second kappa shape index (κ2) is 6.17. The molecule has 2 nitrogen and oxygen atoms in total. The first kappa shape index (κ1) is 13.9. The molecule has 0 radical (unpaired) electrons. The maximum absolute atomic E-state index is 3.62. The molecule has 0 amide bonds. The van der Waals surface area contributed by atoms with Gasteiger partial charge in [0.25, 0.3) is 0 Å². The van der Waals surface area contributed by atoms with Crippen molar-refractivity contribution in [2.24, 2.45) is 11.3 Å². The van der Waals surface area contributed by atoms with Crippen LogP contribution in [0.25, 0.3) is 0 Å². The largest absolute Gasteiger partial charge is 0.371 e. The van der Waals surface area contributed by atoms with Gasteiger partial charge in [0.05, 0.1) is 0 Å². The van der Waals surface area contributed by atoms with Crippen molar-refractivity contribution in [1.82, 2.24) is 5.32 Å². The molecule has 110 valence electrons. The zero-order valence-electron chi connectivity index (χ0n) is 12.8. The molecule has 20 heavy (non-hydrogen) atoms. The number of piperidine rings is 2. The summed E-state index contributed by atoms with van der Waals surface area (Å²) in [5, 5.41) is 3.62. The highest BCUT2D eigenvalue weighted by Crippen LogP contribution is 2.45. The lowest BCUT2D eigenvalue weighted by molar-refractivity contribution is 0.0681. The third-order valence-corrected chi connectivity index (χ3v) is 5.57. The van der Waals surface area contributed by atoms with E-state index in [-0.39, 0.29) is 0 Å². The second-order valence-electron chi connectivity index (χ2n) is 6.62. The van der Waals surface area contributed by atoms with Crippen molar-refractivity contribution >= 4 is 5.69 Å². The number of nitrogens with zero attached hydrogens (tertiary/aromatic N) is 1. The zero-order valence-corrected chi connectivity index (χ0v) is 12.8. The molecule has 0 aliphatic carbocycles. The zero-order chi connectivity index (χ0) is 13.8. The van der Waals surface area contributed by atoms with Crippen molar-refractivity contribution in [2.45, 2.75) is 39.0 Å². The first-order valence-corrected chi connectivity index (χ1v) is 8.35. The molecule has 1 N–H and O–H groups in total. The predicted molar refractivity (Wildman–Crippen MR) is 86.2 cm³/mol. The summed E-state index contributed by atoms with van der Waals surface area (Å²) in [6, 6.07) is 10.9. The molecule has 1 aromatic rings. The molecule has 0 bridgehead atoms. The van der Waals surface area contributed by atoms with Gasteiger partial charge in [-0.25, -0.2) is 0 Å². The topological polar surface area (TPSA) is 15.3 Å². The number of hydrogen-bond donors (Lipinski definition) is 1. The van der Waals surface area contributed by atoms with Gasteiger partial charge in [0.15, 0.2) is 0 Å². The molecule has 2 saturated heterocycles. The van der Waals surface area contributed by atoms with Crippen LogP contribution in [0, 0.1) is 11.3 Å². The van der Waals surface area contributed by atoms with E-state index in [2.05, 4.69) is 47.5 Å². The van der Waals surface area contributed by atoms with E-state index < -0.39 is 0 Å². The van der Waals surface area contributed by atoms with Crippen LogP contribution in [-0.2, 0) is 0 Å². The van der Waals surface area contributed by atoms with Crippen molar-refractivity contribution in [3.05, 3.63) is 30.3 Å². The summed E-state index contributed by atoms with van der Waals surface area (Å²) in [7, 11) is 0. The molecule has 0 saturated carbocycles. The minimum absolute atomic E-state index is 0.631. The minimum Gasteiger partial charge on any atom is -0.371 e. The fraction of sp³-hybridized carbons (Fsp3) is 0.667. The lowest BCUT2D eigenvalue weighted by Gasteiger charge is -2.50. The number of benzene rings is 1. The first-order valence-electron chi connectivity index (χ1n) is 8.35. The van der Waals surface area contributed by atoms with E-state index in [1.165, 1.54) is 64.0 Å². The van der Waals surface area contributed by atoms with Gasteiger partial charge in [0, 0.05) is 18.8 Å². The van der Waals surface area contributed by atoms with E-state index in [0.717, 1.165) is 5.92 Å².